The summed E-state index contributed by atoms with van der Waals surface area (Å²) in [5.41, 5.74) is 1.37. The molecule has 13 nitrogen and oxygen atoms in total. The molecular weight excluding hydrogens is 462 g/mol. The van der Waals surface area contributed by atoms with Gasteiger partial charge in [-0.05, 0) is 37.1 Å². The number of carbonyl (C=O) groups is 2. The number of nitro benzene ring substituents is 2. The van der Waals surface area contributed by atoms with Gasteiger partial charge in [0.15, 0.2) is 12.4 Å². The number of anilines is 1. The summed E-state index contributed by atoms with van der Waals surface area (Å²) in [6.45, 7) is 1.64. The number of ether oxygens (including phenoxy) is 2. The number of hydrogen-bond acceptors (Lipinski definition) is 9. The molecule has 0 atom stereocenters. The third-order valence-electron chi connectivity index (χ3n) is 5.30. The van der Waals surface area contributed by atoms with Crippen LogP contribution in [0.3, 0.4) is 0 Å². The molecule has 0 spiro atoms. The van der Waals surface area contributed by atoms with Gasteiger partial charge in [0.05, 0.1) is 28.3 Å². The van der Waals surface area contributed by atoms with E-state index in [0.717, 1.165) is 0 Å². The van der Waals surface area contributed by atoms with Crippen molar-refractivity contribution >= 4 is 28.9 Å². The smallest absolute Gasteiger partial charge is 0.362 e. The number of benzene rings is 2. The molecule has 0 bridgehead atoms. The first kappa shape index (κ1) is 23.4. The second-order valence-electron chi connectivity index (χ2n) is 7.43. The number of esters is 1. The lowest BCUT2D eigenvalue weighted by Crippen LogP contribution is -2.33. The number of fused-ring (bicyclic) bond motifs is 1. The quantitative estimate of drug-likeness (QED) is 0.268. The molecule has 3 aromatic rings. The van der Waals surface area contributed by atoms with Crippen LogP contribution in [0.25, 0.3) is 5.69 Å². The van der Waals surface area contributed by atoms with Crippen LogP contribution in [0.5, 0.6) is 5.75 Å². The molecule has 1 amide bonds. The molecule has 0 aliphatic carbocycles. The third kappa shape index (κ3) is 4.78. The Balaban J connectivity index is 1.53. The lowest BCUT2D eigenvalue weighted by Gasteiger charge is -2.17. The molecule has 180 valence electrons. The number of hydrogen-bond donors (Lipinski definition) is 0. The van der Waals surface area contributed by atoms with Gasteiger partial charge in [0, 0.05) is 36.5 Å². The van der Waals surface area contributed by atoms with E-state index in [9.17, 15) is 29.8 Å². The Hall–Kier alpha value is -4.81. The molecule has 1 aliphatic rings. The molecule has 0 N–H and O–H groups in total. The Bertz CT molecular complexity index is 1320. The first-order valence-electron chi connectivity index (χ1n) is 10.5. The largest absolute Gasteiger partial charge is 0.479 e. The molecule has 0 unspecified atom stereocenters. The van der Waals surface area contributed by atoms with Gasteiger partial charge in [0.1, 0.15) is 0 Å². The van der Waals surface area contributed by atoms with Gasteiger partial charge >= 0.3 is 5.97 Å². The minimum absolute atomic E-state index is 0.00160. The van der Waals surface area contributed by atoms with Crippen molar-refractivity contribution in [3.8, 4) is 11.4 Å². The van der Waals surface area contributed by atoms with Crippen LogP contribution in [0.1, 0.15) is 23.0 Å². The number of nitrogens with zero attached hydrogens (tertiary/aromatic N) is 5. The third-order valence-corrected chi connectivity index (χ3v) is 5.30. The van der Waals surface area contributed by atoms with E-state index in [1.54, 1.807) is 6.92 Å². The van der Waals surface area contributed by atoms with Crippen LogP contribution in [-0.2, 0) is 16.0 Å². The number of non-ortho nitro benzene ring substituents is 2. The monoisotopic (exact) mass is 481 g/mol. The van der Waals surface area contributed by atoms with Gasteiger partial charge in [-0.2, -0.15) is 5.10 Å². The maximum absolute atomic E-state index is 12.8. The zero-order valence-corrected chi connectivity index (χ0v) is 18.4. The van der Waals surface area contributed by atoms with Crippen LogP contribution in [0, 0.1) is 20.2 Å². The van der Waals surface area contributed by atoms with Crippen LogP contribution < -0.4 is 9.64 Å². The van der Waals surface area contributed by atoms with Gasteiger partial charge in [0.25, 0.3) is 17.3 Å². The summed E-state index contributed by atoms with van der Waals surface area (Å²) >= 11 is 0. The lowest BCUT2D eigenvalue weighted by molar-refractivity contribution is -0.385. The van der Waals surface area contributed by atoms with E-state index < -0.39 is 28.3 Å². The summed E-state index contributed by atoms with van der Waals surface area (Å²) in [6.07, 6.45) is 1.84. The van der Waals surface area contributed by atoms with Crippen molar-refractivity contribution in [1.29, 1.82) is 0 Å². The number of carbonyl (C=O) groups excluding carboxylic acids is 2. The summed E-state index contributed by atoms with van der Waals surface area (Å²) in [4.78, 5) is 47.5. The first-order chi connectivity index (χ1) is 16.8. The van der Waals surface area contributed by atoms with Gasteiger partial charge < -0.3 is 14.4 Å². The van der Waals surface area contributed by atoms with Crippen molar-refractivity contribution in [3.63, 3.8) is 0 Å². The maximum atomic E-state index is 12.8. The minimum atomic E-state index is -0.755. The zero-order valence-electron chi connectivity index (χ0n) is 18.4. The van der Waals surface area contributed by atoms with Crippen molar-refractivity contribution < 1.29 is 28.9 Å². The molecule has 2 heterocycles. The van der Waals surface area contributed by atoms with Crippen molar-refractivity contribution in [2.45, 2.75) is 13.3 Å². The number of aromatic nitrogens is 2. The highest BCUT2D eigenvalue weighted by atomic mass is 16.6. The summed E-state index contributed by atoms with van der Waals surface area (Å²) < 4.78 is 11.9. The van der Waals surface area contributed by atoms with Crippen molar-refractivity contribution in [2.24, 2.45) is 0 Å². The number of amides is 1. The molecule has 0 fully saturated rings. The van der Waals surface area contributed by atoms with Crippen molar-refractivity contribution in [1.82, 2.24) is 9.78 Å². The lowest BCUT2D eigenvalue weighted by atomic mass is 10.1. The second-order valence-corrected chi connectivity index (χ2v) is 7.43. The molecule has 4 rings (SSSR count). The highest BCUT2D eigenvalue weighted by molar-refractivity contribution is 5.97. The van der Waals surface area contributed by atoms with Crippen LogP contribution in [0.2, 0.25) is 0 Å². The second kappa shape index (κ2) is 9.59. The number of rotatable bonds is 8. The van der Waals surface area contributed by atoms with E-state index in [1.165, 1.54) is 58.2 Å². The zero-order chi connectivity index (χ0) is 25.1. The van der Waals surface area contributed by atoms with E-state index in [4.69, 9.17) is 9.47 Å². The number of nitro groups is 2. The summed E-state index contributed by atoms with van der Waals surface area (Å²) in [5.74, 6) is -1.16. The molecule has 13 heteroatoms. The van der Waals surface area contributed by atoms with Gasteiger partial charge in [0.2, 0.25) is 5.69 Å². The molecule has 0 radical (unpaired) electrons. The predicted molar refractivity (Wildman–Crippen MR) is 121 cm³/mol. The van der Waals surface area contributed by atoms with Crippen LogP contribution >= 0.6 is 0 Å². The normalized spacial score (nSPS) is 12.2. The molecule has 1 aromatic heterocycles. The van der Waals surface area contributed by atoms with E-state index in [2.05, 4.69) is 5.10 Å². The predicted octanol–water partition coefficient (Wildman–Crippen LogP) is 2.83. The molecule has 0 saturated carbocycles. The Labute approximate surface area is 197 Å². The van der Waals surface area contributed by atoms with Crippen molar-refractivity contribution in [2.75, 3.05) is 24.7 Å². The fraction of sp³-hybridized carbons (Fsp3) is 0.227. The molecular formula is C22H19N5O8. The molecule has 0 saturated heterocycles. The highest BCUT2D eigenvalue weighted by Crippen LogP contribution is 2.31. The Kier molecular flexibility index (Phi) is 6.40. The molecule has 1 aliphatic heterocycles. The standard InChI is InChI=1S/C22H19N5O8/c1-2-34-22(29)21-19(12-25(23-21)15-3-5-16(6-4-15)26(30)31)35-13-20(28)24-10-9-14-11-17(27(32)33)7-8-18(14)24/h3-8,11-12H,2,9-10,13H2,1H3. The SMILES string of the molecule is CCOC(=O)c1nn(-c2ccc([N+](=O)[O-])cc2)cc1OCC(=O)N1CCc2cc([N+](=O)[O-])ccc21. The maximum Gasteiger partial charge on any atom is 0.362 e. The molecule has 2 aromatic carbocycles. The minimum Gasteiger partial charge on any atom is -0.479 e. The average molecular weight is 481 g/mol. The Morgan fingerprint density at radius 2 is 1.74 bits per heavy atom. The highest BCUT2D eigenvalue weighted by Gasteiger charge is 2.28. The van der Waals surface area contributed by atoms with Gasteiger partial charge in [-0.1, -0.05) is 0 Å². The summed E-state index contributed by atoms with van der Waals surface area (Å²) in [5, 5.41) is 26.0. The van der Waals surface area contributed by atoms with Gasteiger partial charge in [-0.25, -0.2) is 9.48 Å². The topological polar surface area (TPSA) is 160 Å². The van der Waals surface area contributed by atoms with E-state index in [0.29, 0.717) is 29.9 Å². The fourth-order valence-electron chi connectivity index (χ4n) is 3.64. The Morgan fingerprint density at radius 3 is 2.40 bits per heavy atom. The fourth-order valence-corrected chi connectivity index (χ4v) is 3.64. The summed E-state index contributed by atoms with van der Waals surface area (Å²) in [6, 6.07) is 9.79. The summed E-state index contributed by atoms with van der Waals surface area (Å²) in [7, 11) is 0. The Morgan fingerprint density at radius 1 is 1.06 bits per heavy atom. The van der Waals surface area contributed by atoms with Crippen LogP contribution in [0.15, 0.2) is 48.7 Å². The van der Waals surface area contributed by atoms with E-state index in [1.807, 2.05) is 0 Å². The average Bonchev–Trinajstić information content (AvgIpc) is 3.47. The van der Waals surface area contributed by atoms with Crippen LogP contribution in [0.4, 0.5) is 17.1 Å². The van der Waals surface area contributed by atoms with Gasteiger partial charge in [-0.15, -0.1) is 0 Å². The first-order valence-corrected chi connectivity index (χ1v) is 10.5. The van der Waals surface area contributed by atoms with Crippen molar-refractivity contribution in [3.05, 3.63) is 80.1 Å². The molecule has 35 heavy (non-hydrogen) atoms. The van der Waals surface area contributed by atoms with E-state index >= 15 is 0 Å². The van der Waals surface area contributed by atoms with Gasteiger partial charge in [-0.3, -0.25) is 25.0 Å². The van der Waals surface area contributed by atoms with Crippen LogP contribution in [-0.4, -0.2) is 51.3 Å². The van der Waals surface area contributed by atoms with E-state index in [-0.39, 0.29) is 29.4 Å².